The first-order valence-electron chi connectivity index (χ1n) is 5.91. The van der Waals surface area contributed by atoms with Crippen molar-refractivity contribution in [3.05, 3.63) is 0 Å². The molecule has 0 spiro atoms. The number of rotatable bonds is 5. The minimum atomic E-state index is -0.0700. The monoisotopic (exact) mass is 215 g/mol. The number of nitrogens with one attached hydrogen (secondary N) is 1. The van der Waals surface area contributed by atoms with E-state index in [0.717, 1.165) is 25.7 Å². The Balaban J connectivity index is 2.25. The lowest BCUT2D eigenvalue weighted by Gasteiger charge is -2.31. The summed E-state index contributed by atoms with van der Waals surface area (Å²) in [7, 11) is 1.76. The lowest BCUT2D eigenvalue weighted by molar-refractivity contribution is 0.0144. The SMILES string of the molecule is COC(C)(C)CNC(C)C1CCOCC1. The van der Waals surface area contributed by atoms with Crippen LogP contribution in [0.1, 0.15) is 33.6 Å². The van der Waals surface area contributed by atoms with Crippen LogP contribution in [0.5, 0.6) is 0 Å². The predicted octanol–water partition coefficient (Wildman–Crippen LogP) is 1.82. The van der Waals surface area contributed by atoms with E-state index in [1.165, 1.54) is 12.8 Å². The zero-order chi connectivity index (χ0) is 11.3. The maximum Gasteiger partial charge on any atom is 0.0746 e. The fourth-order valence-electron chi connectivity index (χ4n) is 1.86. The summed E-state index contributed by atoms with van der Waals surface area (Å²) in [4.78, 5) is 0. The molecule has 0 saturated carbocycles. The van der Waals surface area contributed by atoms with Crippen LogP contribution < -0.4 is 5.32 Å². The van der Waals surface area contributed by atoms with E-state index >= 15 is 0 Å². The molecule has 1 aliphatic heterocycles. The van der Waals surface area contributed by atoms with Gasteiger partial charge in [-0.25, -0.2) is 0 Å². The van der Waals surface area contributed by atoms with Crippen molar-refractivity contribution in [2.45, 2.75) is 45.3 Å². The highest BCUT2D eigenvalue weighted by Crippen LogP contribution is 2.19. The van der Waals surface area contributed by atoms with Gasteiger partial charge in [0, 0.05) is 32.9 Å². The summed E-state index contributed by atoms with van der Waals surface area (Å²) in [6, 6.07) is 0.559. The molecular formula is C12H25NO2. The summed E-state index contributed by atoms with van der Waals surface area (Å²) in [5.74, 6) is 0.756. The fraction of sp³-hybridized carbons (Fsp3) is 1.00. The summed E-state index contributed by atoms with van der Waals surface area (Å²) in [5.41, 5.74) is -0.0700. The fourth-order valence-corrected chi connectivity index (χ4v) is 1.86. The zero-order valence-electron chi connectivity index (χ0n) is 10.5. The second kappa shape index (κ2) is 5.83. The van der Waals surface area contributed by atoms with Gasteiger partial charge in [0.15, 0.2) is 0 Å². The van der Waals surface area contributed by atoms with Gasteiger partial charge >= 0.3 is 0 Å². The van der Waals surface area contributed by atoms with E-state index in [2.05, 4.69) is 26.1 Å². The average molecular weight is 215 g/mol. The molecule has 0 aliphatic carbocycles. The van der Waals surface area contributed by atoms with E-state index in [1.54, 1.807) is 7.11 Å². The highest BCUT2D eigenvalue weighted by Gasteiger charge is 2.23. The van der Waals surface area contributed by atoms with Crippen molar-refractivity contribution < 1.29 is 9.47 Å². The quantitative estimate of drug-likeness (QED) is 0.759. The number of ether oxygens (including phenoxy) is 2. The van der Waals surface area contributed by atoms with E-state index in [9.17, 15) is 0 Å². The number of methoxy groups -OCH3 is 1. The largest absolute Gasteiger partial charge is 0.381 e. The molecule has 3 nitrogen and oxygen atoms in total. The molecule has 1 rings (SSSR count). The van der Waals surface area contributed by atoms with Crippen molar-refractivity contribution in [3.8, 4) is 0 Å². The Morgan fingerprint density at radius 1 is 1.40 bits per heavy atom. The van der Waals surface area contributed by atoms with Gasteiger partial charge in [-0.2, -0.15) is 0 Å². The topological polar surface area (TPSA) is 30.5 Å². The molecular weight excluding hydrogens is 190 g/mol. The average Bonchev–Trinajstić information content (AvgIpc) is 2.27. The van der Waals surface area contributed by atoms with Crippen molar-refractivity contribution >= 4 is 0 Å². The van der Waals surface area contributed by atoms with Gasteiger partial charge < -0.3 is 14.8 Å². The molecule has 90 valence electrons. The third-order valence-corrected chi connectivity index (χ3v) is 3.38. The Kier molecular flexibility index (Phi) is 5.03. The minimum Gasteiger partial charge on any atom is -0.381 e. The first-order valence-corrected chi connectivity index (χ1v) is 5.91. The molecule has 1 atom stereocenters. The molecule has 1 saturated heterocycles. The molecule has 1 N–H and O–H groups in total. The van der Waals surface area contributed by atoms with Gasteiger partial charge in [-0.05, 0) is 39.5 Å². The summed E-state index contributed by atoms with van der Waals surface area (Å²) < 4.78 is 10.8. The Morgan fingerprint density at radius 3 is 2.53 bits per heavy atom. The van der Waals surface area contributed by atoms with Crippen LogP contribution in [0.25, 0.3) is 0 Å². The molecule has 1 unspecified atom stereocenters. The van der Waals surface area contributed by atoms with Crippen LogP contribution in [-0.4, -0.2) is 38.5 Å². The predicted molar refractivity (Wildman–Crippen MR) is 62.1 cm³/mol. The van der Waals surface area contributed by atoms with Gasteiger partial charge in [-0.1, -0.05) is 0 Å². The minimum absolute atomic E-state index is 0.0700. The van der Waals surface area contributed by atoms with Crippen LogP contribution in [0, 0.1) is 5.92 Å². The smallest absolute Gasteiger partial charge is 0.0746 e. The van der Waals surface area contributed by atoms with Crippen LogP contribution >= 0.6 is 0 Å². The van der Waals surface area contributed by atoms with E-state index in [4.69, 9.17) is 9.47 Å². The molecule has 0 aromatic rings. The van der Waals surface area contributed by atoms with Crippen molar-refractivity contribution in [2.24, 2.45) is 5.92 Å². The van der Waals surface area contributed by atoms with Crippen LogP contribution in [0.4, 0.5) is 0 Å². The van der Waals surface area contributed by atoms with E-state index in [0.29, 0.717) is 6.04 Å². The zero-order valence-corrected chi connectivity index (χ0v) is 10.5. The maximum atomic E-state index is 5.39. The molecule has 0 bridgehead atoms. The Hall–Kier alpha value is -0.120. The first kappa shape index (κ1) is 12.9. The summed E-state index contributed by atoms with van der Waals surface area (Å²) in [6.07, 6.45) is 2.36. The van der Waals surface area contributed by atoms with Crippen LogP contribution in [-0.2, 0) is 9.47 Å². The first-order chi connectivity index (χ1) is 7.05. The third-order valence-electron chi connectivity index (χ3n) is 3.38. The van der Waals surface area contributed by atoms with Crippen molar-refractivity contribution in [2.75, 3.05) is 26.9 Å². The highest BCUT2D eigenvalue weighted by molar-refractivity contribution is 4.79. The number of hydrogen-bond donors (Lipinski definition) is 1. The van der Waals surface area contributed by atoms with Crippen LogP contribution in [0.3, 0.4) is 0 Å². The summed E-state index contributed by atoms with van der Waals surface area (Å²) >= 11 is 0. The molecule has 0 amide bonds. The maximum absolute atomic E-state index is 5.39. The molecule has 1 heterocycles. The Bertz CT molecular complexity index is 176. The highest BCUT2D eigenvalue weighted by atomic mass is 16.5. The molecule has 0 aromatic carbocycles. The van der Waals surface area contributed by atoms with E-state index in [-0.39, 0.29) is 5.60 Å². The van der Waals surface area contributed by atoms with Gasteiger partial charge in [-0.15, -0.1) is 0 Å². The Morgan fingerprint density at radius 2 is 2.00 bits per heavy atom. The van der Waals surface area contributed by atoms with Crippen LogP contribution in [0.15, 0.2) is 0 Å². The van der Waals surface area contributed by atoms with Gasteiger partial charge in [0.25, 0.3) is 0 Å². The molecule has 3 heteroatoms. The second-order valence-electron chi connectivity index (χ2n) is 5.08. The van der Waals surface area contributed by atoms with E-state index < -0.39 is 0 Å². The van der Waals surface area contributed by atoms with E-state index in [1.807, 2.05) is 0 Å². The van der Waals surface area contributed by atoms with Crippen molar-refractivity contribution in [3.63, 3.8) is 0 Å². The summed E-state index contributed by atoms with van der Waals surface area (Å²) in [6.45, 7) is 9.23. The molecule has 15 heavy (non-hydrogen) atoms. The Labute approximate surface area is 93.5 Å². The normalized spacial score (nSPS) is 21.6. The number of hydrogen-bond acceptors (Lipinski definition) is 3. The van der Waals surface area contributed by atoms with Crippen molar-refractivity contribution in [1.82, 2.24) is 5.32 Å². The summed E-state index contributed by atoms with van der Waals surface area (Å²) in [5, 5.41) is 3.56. The molecule has 0 aromatic heterocycles. The van der Waals surface area contributed by atoms with Gasteiger partial charge in [0.05, 0.1) is 5.60 Å². The van der Waals surface area contributed by atoms with Gasteiger partial charge in [0.2, 0.25) is 0 Å². The lowest BCUT2D eigenvalue weighted by atomic mass is 9.92. The van der Waals surface area contributed by atoms with Crippen molar-refractivity contribution in [1.29, 1.82) is 0 Å². The third kappa shape index (κ3) is 4.49. The van der Waals surface area contributed by atoms with Gasteiger partial charge in [-0.3, -0.25) is 0 Å². The lowest BCUT2D eigenvalue weighted by Crippen LogP contribution is -2.44. The molecule has 1 fully saturated rings. The molecule has 0 radical (unpaired) electrons. The molecule has 1 aliphatic rings. The van der Waals surface area contributed by atoms with Crippen LogP contribution in [0.2, 0.25) is 0 Å². The second-order valence-corrected chi connectivity index (χ2v) is 5.08. The van der Waals surface area contributed by atoms with Gasteiger partial charge in [0.1, 0.15) is 0 Å². The standard InChI is InChI=1S/C12H25NO2/c1-10(11-5-7-15-8-6-11)13-9-12(2,3)14-4/h10-11,13H,5-9H2,1-4H3.